The van der Waals surface area contributed by atoms with Crippen LogP contribution in [0.3, 0.4) is 0 Å². The van der Waals surface area contributed by atoms with E-state index in [1.54, 1.807) is 0 Å². The first-order valence-electron chi connectivity index (χ1n) is 5.65. The molecular formula is C10H17NO6. The van der Waals surface area contributed by atoms with E-state index in [2.05, 4.69) is 5.32 Å². The van der Waals surface area contributed by atoms with Crippen molar-refractivity contribution in [1.82, 2.24) is 5.32 Å². The molecule has 98 valence electrons. The predicted octanol–water partition coefficient (Wildman–Crippen LogP) is -2.89. The van der Waals surface area contributed by atoms with Gasteiger partial charge in [-0.2, -0.15) is 0 Å². The average Bonchev–Trinajstić information content (AvgIpc) is 3.10. The Kier molecular flexibility index (Phi) is 3.64. The van der Waals surface area contributed by atoms with Crippen LogP contribution in [0.1, 0.15) is 12.8 Å². The summed E-state index contributed by atoms with van der Waals surface area (Å²) >= 11 is 0. The first-order chi connectivity index (χ1) is 8.04. The monoisotopic (exact) mass is 247 g/mol. The molecule has 0 radical (unpaired) electrons. The van der Waals surface area contributed by atoms with E-state index in [1.807, 2.05) is 0 Å². The summed E-state index contributed by atoms with van der Waals surface area (Å²) in [6, 6.07) is 0.106. The Morgan fingerprint density at radius 2 is 1.82 bits per heavy atom. The topological polar surface area (TPSA) is 119 Å². The van der Waals surface area contributed by atoms with Gasteiger partial charge in [0.1, 0.15) is 24.4 Å². The molecule has 2 fully saturated rings. The summed E-state index contributed by atoms with van der Waals surface area (Å²) < 4.78 is 5.10. The molecule has 1 heterocycles. The lowest BCUT2D eigenvalue weighted by Crippen LogP contribution is -2.62. The van der Waals surface area contributed by atoms with Crippen molar-refractivity contribution in [3.63, 3.8) is 0 Å². The Labute approximate surface area is 98.0 Å². The molecule has 1 aliphatic carbocycles. The molecule has 17 heavy (non-hydrogen) atoms. The number of amides is 1. The fourth-order valence-electron chi connectivity index (χ4n) is 1.83. The quantitative estimate of drug-likeness (QED) is 0.365. The Morgan fingerprint density at radius 1 is 1.18 bits per heavy atom. The number of aliphatic hydroxyl groups is 4. The standard InChI is InChI=1S/C10H17NO6/c12-3-5-6(13)7(14)8(15)9(17-5)10(16)11-4-1-2-4/h4-9,12-15H,1-3H2,(H,11,16)/t5-,6-,7+,8-,9-/m1/s1. The van der Waals surface area contributed by atoms with E-state index in [0.717, 1.165) is 12.8 Å². The van der Waals surface area contributed by atoms with Crippen LogP contribution in [0.25, 0.3) is 0 Å². The van der Waals surface area contributed by atoms with Gasteiger partial charge in [0.05, 0.1) is 6.61 Å². The molecule has 7 nitrogen and oxygen atoms in total. The van der Waals surface area contributed by atoms with Crippen LogP contribution in [-0.4, -0.2) is 69.5 Å². The zero-order valence-corrected chi connectivity index (χ0v) is 9.19. The minimum Gasteiger partial charge on any atom is -0.394 e. The summed E-state index contributed by atoms with van der Waals surface area (Å²) in [5.41, 5.74) is 0. The zero-order chi connectivity index (χ0) is 12.6. The minimum absolute atomic E-state index is 0.106. The van der Waals surface area contributed by atoms with Crippen molar-refractivity contribution in [2.45, 2.75) is 49.4 Å². The average molecular weight is 247 g/mol. The van der Waals surface area contributed by atoms with Crippen LogP contribution < -0.4 is 5.32 Å². The summed E-state index contributed by atoms with van der Waals surface area (Å²) in [5.74, 6) is -0.524. The number of aliphatic hydroxyl groups excluding tert-OH is 4. The highest BCUT2D eigenvalue weighted by Gasteiger charge is 2.47. The van der Waals surface area contributed by atoms with Crippen LogP contribution in [0.5, 0.6) is 0 Å². The summed E-state index contributed by atoms with van der Waals surface area (Å²) in [5, 5.41) is 40.3. The first kappa shape index (κ1) is 12.7. The molecule has 2 aliphatic rings. The fourth-order valence-corrected chi connectivity index (χ4v) is 1.83. The molecule has 0 aromatic rings. The normalized spacial score (nSPS) is 42.2. The van der Waals surface area contributed by atoms with Crippen LogP contribution >= 0.6 is 0 Å². The highest BCUT2D eigenvalue weighted by atomic mass is 16.5. The second-order valence-electron chi connectivity index (χ2n) is 4.53. The number of carbonyl (C=O) groups excluding carboxylic acids is 1. The Morgan fingerprint density at radius 3 is 2.35 bits per heavy atom. The number of hydrogen-bond donors (Lipinski definition) is 5. The van der Waals surface area contributed by atoms with Crippen LogP contribution in [0.4, 0.5) is 0 Å². The molecule has 0 aromatic heterocycles. The molecule has 0 spiro atoms. The molecule has 1 aliphatic heterocycles. The van der Waals surface area contributed by atoms with Gasteiger partial charge in [-0.1, -0.05) is 0 Å². The number of ether oxygens (including phenoxy) is 1. The van der Waals surface area contributed by atoms with Crippen LogP contribution in [-0.2, 0) is 9.53 Å². The number of carbonyl (C=O) groups is 1. The van der Waals surface area contributed by atoms with Gasteiger partial charge in [0, 0.05) is 6.04 Å². The highest BCUT2D eigenvalue weighted by molar-refractivity contribution is 5.82. The molecule has 2 rings (SSSR count). The maximum atomic E-state index is 11.7. The summed E-state index contributed by atoms with van der Waals surface area (Å²) in [6.07, 6.45) is -4.94. The summed E-state index contributed by atoms with van der Waals surface area (Å²) in [7, 11) is 0. The lowest BCUT2D eigenvalue weighted by molar-refractivity contribution is -0.226. The van der Waals surface area contributed by atoms with Crippen molar-refractivity contribution in [2.75, 3.05) is 6.61 Å². The van der Waals surface area contributed by atoms with Crippen molar-refractivity contribution in [2.24, 2.45) is 0 Å². The van der Waals surface area contributed by atoms with E-state index >= 15 is 0 Å². The summed E-state index contributed by atoms with van der Waals surface area (Å²) in [6.45, 7) is -0.530. The van der Waals surface area contributed by atoms with Gasteiger partial charge in [0.15, 0.2) is 6.10 Å². The van der Waals surface area contributed by atoms with Crippen molar-refractivity contribution < 1.29 is 30.0 Å². The van der Waals surface area contributed by atoms with Crippen LogP contribution in [0.2, 0.25) is 0 Å². The van der Waals surface area contributed by atoms with Gasteiger partial charge in [-0.3, -0.25) is 4.79 Å². The lowest BCUT2D eigenvalue weighted by Gasteiger charge is -2.39. The molecule has 1 saturated carbocycles. The molecular weight excluding hydrogens is 230 g/mol. The minimum atomic E-state index is -1.50. The lowest BCUT2D eigenvalue weighted by atomic mass is 9.95. The van der Waals surface area contributed by atoms with E-state index in [4.69, 9.17) is 9.84 Å². The highest BCUT2D eigenvalue weighted by Crippen LogP contribution is 2.23. The Hall–Kier alpha value is -0.730. The molecule has 1 saturated heterocycles. The second-order valence-corrected chi connectivity index (χ2v) is 4.53. The van der Waals surface area contributed by atoms with Gasteiger partial charge in [0.2, 0.25) is 0 Å². The van der Waals surface area contributed by atoms with E-state index < -0.39 is 43.0 Å². The molecule has 1 amide bonds. The molecule has 5 N–H and O–H groups in total. The third-order valence-electron chi connectivity index (χ3n) is 3.07. The van der Waals surface area contributed by atoms with Gasteiger partial charge in [-0.15, -0.1) is 0 Å². The SMILES string of the molecule is O=C(NC1CC1)[C@@H]1O[C@H](CO)[C@@H](O)[C@H](O)[C@H]1O. The van der Waals surface area contributed by atoms with E-state index in [-0.39, 0.29) is 6.04 Å². The first-order valence-corrected chi connectivity index (χ1v) is 5.65. The molecule has 5 atom stereocenters. The van der Waals surface area contributed by atoms with Crippen LogP contribution in [0, 0.1) is 0 Å². The Balaban J connectivity index is 2.01. The number of nitrogens with one attached hydrogen (secondary N) is 1. The Bertz CT molecular complexity index is 293. The van der Waals surface area contributed by atoms with Gasteiger partial charge in [-0.05, 0) is 12.8 Å². The van der Waals surface area contributed by atoms with E-state index in [9.17, 15) is 20.1 Å². The smallest absolute Gasteiger partial charge is 0.252 e. The predicted molar refractivity (Wildman–Crippen MR) is 54.9 cm³/mol. The molecule has 0 aromatic carbocycles. The van der Waals surface area contributed by atoms with Gasteiger partial charge in [-0.25, -0.2) is 0 Å². The van der Waals surface area contributed by atoms with Gasteiger partial charge in [0.25, 0.3) is 5.91 Å². The molecule has 0 bridgehead atoms. The van der Waals surface area contributed by atoms with Crippen molar-refractivity contribution >= 4 is 5.91 Å². The third kappa shape index (κ3) is 2.58. The van der Waals surface area contributed by atoms with Crippen LogP contribution in [0.15, 0.2) is 0 Å². The van der Waals surface area contributed by atoms with Gasteiger partial charge < -0.3 is 30.5 Å². The third-order valence-corrected chi connectivity index (χ3v) is 3.07. The van der Waals surface area contributed by atoms with E-state index in [1.165, 1.54) is 0 Å². The summed E-state index contributed by atoms with van der Waals surface area (Å²) in [4.78, 5) is 11.7. The van der Waals surface area contributed by atoms with Crippen molar-refractivity contribution in [3.8, 4) is 0 Å². The largest absolute Gasteiger partial charge is 0.394 e. The molecule has 0 unspecified atom stereocenters. The number of rotatable bonds is 3. The maximum Gasteiger partial charge on any atom is 0.252 e. The molecule has 7 heteroatoms. The van der Waals surface area contributed by atoms with E-state index in [0.29, 0.717) is 0 Å². The fraction of sp³-hybridized carbons (Fsp3) is 0.900. The second kappa shape index (κ2) is 4.87. The zero-order valence-electron chi connectivity index (χ0n) is 9.19. The van der Waals surface area contributed by atoms with Crippen molar-refractivity contribution in [3.05, 3.63) is 0 Å². The van der Waals surface area contributed by atoms with Crippen molar-refractivity contribution in [1.29, 1.82) is 0 Å². The maximum absolute atomic E-state index is 11.7. The van der Waals surface area contributed by atoms with Gasteiger partial charge >= 0.3 is 0 Å². The number of hydrogen-bond acceptors (Lipinski definition) is 6.